The molecule has 3 aliphatic rings. The van der Waals surface area contributed by atoms with Gasteiger partial charge in [-0.05, 0) is 518 Å². The fourth-order valence-electron chi connectivity index (χ4n) is 6.90. The molecule has 2 heteroatoms. The van der Waals surface area contributed by atoms with Gasteiger partial charge in [0.25, 0.3) is 0 Å². The summed E-state index contributed by atoms with van der Waals surface area (Å²) in [6.07, 6.45) is 54.5. The highest BCUT2D eigenvalue weighted by molar-refractivity contribution is 5.79. The topological polar surface area (TPSA) is 26.3 Å². The van der Waals surface area contributed by atoms with Crippen LogP contribution in [0.2, 0.25) is 0 Å². The van der Waals surface area contributed by atoms with E-state index < -0.39 is 5.92 Å². The van der Waals surface area contributed by atoms with Crippen LogP contribution < -0.4 is 0 Å². The molecule has 0 aromatic carbocycles. The number of esters is 1. The Morgan fingerprint density at radius 3 is 0.620 bits per heavy atom. The summed E-state index contributed by atoms with van der Waals surface area (Å²) in [5.41, 5.74) is 0. The van der Waals surface area contributed by atoms with Crippen molar-refractivity contribution < 1.29 is 9.53 Å². The summed E-state index contributed by atoms with van der Waals surface area (Å²) in [6, 6.07) is 0. The summed E-state index contributed by atoms with van der Waals surface area (Å²) >= 11 is 0. The van der Waals surface area contributed by atoms with Crippen LogP contribution in [0.3, 0.4) is 0 Å². The number of hydrogen-bond donors (Lipinski definition) is 0. The lowest BCUT2D eigenvalue weighted by molar-refractivity contribution is -0.145. The Hall–Kier alpha value is -20.8. The first kappa shape index (κ1) is 121. The van der Waals surface area contributed by atoms with Gasteiger partial charge in [0.15, 0.2) is 0 Å². The second kappa shape index (κ2) is 120. The summed E-state index contributed by atoms with van der Waals surface area (Å²) in [5.74, 6) is 204. The lowest BCUT2D eigenvalue weighted by Crippen LogP contribution is -2.33. The lowest BCUT2D eigenvalue weighted by Gasteiger charge is -2.29. The van der Waals surface area contributed by atoms with Gasteiger partial charge >= 0.3 is 5.97 Å². The molecule has 1 heterocycles. The molecule has 2 aliphatic carbocycles. The minimum Gasteiger partial charge on any atom is -0.461 e. The summed E-state index contributed by atoms with van der Waals surface area (Å²) in [4.78, 5) is 12.9. The van der Waals surface area contributed by atoms with E-state index in [1.165, 1.54) is 0 Å². The highest BCUT2D eigenvalue weighted by atomic mass is 16.6. The lowest BCUT2D eigenvalue weighted by atomic mass is 9.76. The number of fused-ring (bicyclic) bond motifs is 3. The van der Waals surface area contributed by atoms with Gasteiger partial charge in [0.2, 0.25) is 0 Å². The summed E-state index contributed by atoms with van der Waals surface area (Å²) in [6.45, 7) is 24.8. The van der Waals surface area contributed by atoms with Crippen LogP contribution in [0.4, 0.5) is 0 Å². The molecule has 0 N–H and O–H groups in total. The van der Waals surface area contributed by atoms with E-state index in [4.69, 9.17) is 56.1 Å². The minimum atomic E-state index is -0.500. The molecule has 0 amide bonds. The van der Waals surface area contributed by atoms with Crippen molar-refractivity contribution in [3.63, 3.8) is 0 Å². The van der Waals surface area contributed by atoms with Gasteiger partial charge < -0.3 is 4.74 Å². The maximum absolute atomic E-state index is 12.9. The van der Waals surface area contributed by atoms with Crippen molar-refractivity contribution in [2.75, 3.05) is 0 Å². The van der Waals surface area contributed by atoms with E-state index in [0.29, 0.717) is 11.8 Å². The van der Waals surface area contributed by atoms with E-state index >= 15 is 0 Å². The molecule has 0 radical (unpaired) electrons. The fourth-order valence-corrected chi connectivity index (χ4v) is 6.90. The average molecular weight is 1530 g/mol. The maximum atomic E-state index is 12.9. The molecule has 2 nitrogen and oxygen atoms in total. The minimum absolute atomic E-state index is 0. The SMILES string of the molecule is C.C#C.C#CC.C#CC#CC.C#CC#CC#C.C#CC#CC#CC.C#CC#CC#CC#CC.C#CC#CC#CC#CC#C.C#CC#CC#CC#CC#CC.CC#CC.CC#CC#CC#CC.CC#CC#CC#CC#CC#CC.CC#CC#CC#CC#CC#CC#CC#CC1CCC2C(C)CCC3C(C#CC#CC#CC#CC#CC#CC)C(=O)OC3C12. The zero-order valence-corrected chi connectivity index (χ0v) is 69.0. The van der Waals surface area contributed by atoms with Crippen LogP contribution in [0.5, 0.6) is 0 Å². The van der Waals surface area contributed by atoms with Gasteiger partial charge in [-0.25, -0.2) is 0 Å². The Morgan fingerprint density at radius 1 is 0.231 bits per heavy atom. The van der Waals surface area contributed by atoms with E-state index in [-0.39, 0.29) is 37.3 Å². The van der Waals surface area contributed by atoms with Crippen LogP contribution in [0.25, 0.3) is 0 Å². The number of terminal acetylenes is 10. The van der Waals surface area contributed by atoms with Gasteiger partial charge in [-0.2, -0.15) is 0 Å². The molecule has 3 fully saturated rings. The molecule has 1 saturated heterocycles. The Bertz CT molecular complexity index is 6460. The van der Waals surface area contributed by atoms with Gasteiger partial charge in [0, 0.05) is 17.8 Å². The molecule has 0 bridgehead atoms. The predicted molar refractivity (Wildman–Crippen MR) is 505 cm³/mol. The fraction of sp³-hybridized carbons (Fsp3) is 0.218. The summed E-state index contributed by atoms with van der Waals surface area (Å²) in [7, 11) is 0. The van der Waals surface area contributed by atoms with Gasteiger partial charge in [-0.3, -0.25) is 4.79 Å². The van der Waals surface area contributed by atoms with E-state index in [1.54, 1.807) is 76.2 Å². The average Bonchev–Trinajstić information content (AvgIpc) is 1.61. The Morgan fingerprint density at radius 2 is 0.413 bits per heavy atom. The Kier molecular flexibility index (Phi) is 120. The second-order valence-electron chi connectivity index (χ2n) is 18.0. The third-order valence-corrected chi connectivity index (χ3v) is 10.8. The molecule has 560 valence electrons. The molecular weight excluding hydrogens is 1460 g/mol. The van der Waals surface area contributed by atoms with Gasteiger partial charge in [-0.1, -0.05) is 85.4 Å². The van der Waals surface area contributed by atoms with Crippen molar-refractivity contribution in [1.82, 2.24) is 0 Å². The molecule has 7 atom stereocenters. The molecule has 7 unspecified atom stereocenters. The number of hydrogen-bond acceptors (Lipinski definition) is 2. The monoisotopic (exact) mass is 1530 g/mol. The zero-order chi connectivity index (χ0) is 91.4. The van der Waals surface area contributed by atoms with Gasteiger partial charge in [-0.15, -0.1) is 88.4 Å². The maximum Gasteiger partial charge on any atom is 0.321 e. The quantitative estimate of drug-likeness (QED) is 0.178. The van der Waals surface area contributed by atoms with E-state index in [9.17, 15) is 4.79 Å². The smallest absolute Gasteiger partial charge is 0.321 e. The van der Waals surface area contributed by atoms with Crippen molar-refractivity contribution >= 4 is 5.97 Å². The molecule has 0 aromatic rings. The van der Waals surface area contributed by atoms with Crippen molar-refractivity contribution in [1.29, 1.82) is 0 Å². The first-order valence-electron chi connectivity index (χ1n) is 33.4. The van der Waals surface area contributed by atoms with Crippen LogP contribution in [0.1, 0.15) is 130 Å². The third-order valence-electron chi connectivity index (χ3n) is 10.8. The Balaban J connectivity index is -0.000000162. The van der Waals surface area contributed by atoms with Crippen molar-refractivity contribution in [2.45, 2.75) is 136 Å². The molecule has 0 spiro atoms. The van der Waals surface area contributed by atoms with Crippen molar-refractivity contribution in [2.24, 2.45) is 35.5 Å². The summed E-state index contributed by atoms with van der Waals surface area (Å²) in [5, 5.41) is 0. The first-order chi connectivity index (χ1) is 58.8. The van der Waals surface area contributed by atoms with E-state index in [2.05, 4.69) is 506 Å². The van der Waals surface area contributed by atoms with Gasteiger partial charge in [0.1, 0.15) is 12.0 Å². The normalized spacial score (nSPS) is 10.6. The zero-order valence-electron chi connectivity index (χ0n) is 69.0. The molecule has 121 heavy (non-hydrogen) atoms. The van der Waals surface area contributed by atoms with Gasteiger partial charge in [0.05, 0.1) is 0 Å². The standard InChI is InChI=1S/C41H24O2.C12H6.C11H4.C10H2.C9H4.C8H6.C7H4.C6H2.C5H4.C4H6.C3H4.C2H2.CH4/c1-4-6-8-10-12-14-16-17-19-20-22-24-26-28-35-31-33-36-34(3)30-32-37-38(41(42)43-40(37)39(35)36)29-27-25-23-21-18-15-13-11-9-7-5-2;1-3-5-7-9-11-12-10-8-6-4-2;1-3-5-7-9-11-10-8-6-4-2;1-3-5-7-9-10-8-6-4-2;1-3-5-7-9-8-6-4-2;1-3-5-7-8-6-4-2;1-3-5-7-6-4-2;1-3-5-6-4-2;1-3-5-4-2;1-3-4-2;1-3-2;1-2;/h34-40H,30-33H2,1-3H3;1-2H3;1H,2H3;1-2H;1H,2H3;1-2H3;1H,2H3;1-2H;1H,2H3;1-2H3;1H,2H3;1-2H;1H4. The van der Waals surface area contributed by atoms with Crippen molar-refractivity contribution in [3.8, 4) is 550 Å². The van der Waals surface area contributed by atoms with Crippen molar-refractivity contribution in [3.05, 3.63) is 0 Å². The number of ether oxygens (including phenoxy) is 1. The molecule has 1 aliphatic heterocycles. The molecular formula is C119H72O2. The first-order valence-corrected chi connectivity index (χ1v) is 33.4. The largest absolute Gasteiger partial charge is 0.461 e. The number of carbonyl (C=O) groups is 1. The van der Waals surface area contributed by atoms with E-state index in [0.717, 1.165) is 25.7 Å². The van der Waals surface area contributed by atoms with Crippen LogP contribution in [-0.2, 0) is 9.53 Å². The van der Waals surface area contributed by atoms with Crippen LogP contribution in [-0.4, -0.2) is 12.1 Å². The predicted octanol–water partition coefficient (Wildman–Crippen LogP) is 11.0. The molecule has 2 saturated carbocycles. The molecule has 3 rings (SSSR count). The number of carbonyl (C=O) groups excluding carboxylic acids is 1. The van der Waals surface area contributed by atoms with Crippen LogP contribution >= 0.6 is 0 Å². The number of rotatable bonds is 0. The second-order valence-corrected chi connectivity index (χ2v) is 18.0. The van der Waals surface area contributed by atoms with Crippen LogP contribution in [0.15, 0.2) is 0 Å². The highest BCUT2D eigenvalue weighted by Gasteiger charge is 2.55. The highest BCUT2D eigenvalue weighted by Crippen LogP contribution is 2.53. The summed E-state index contributed by atoms with van der Waals surface area (Å²) < 4.78 is 5.99. The Labute approximate surface area is 732 Å². The molecule has 0 aromatic heterocycles. The van der Waals surface area contributed by atoms with E-state index in [1.807, 2.05) is 13.8 Å². The van der Waals surface area contributed by atoms with Crippen LogP contribution in [0, 0.1) is 586 Å². The third kappa shape index (κ3) is 106.